The van der Waals surface area contributed by atoms with Crippen LogP contribution in [-0.2, 0) is 4.79 Å². The number of phenols is 2. The first-order valence-electron chi connectivity index (χ1n) is 5.91. The Hall–Kier alpha value is -2.95. The average Bonchev–Trinajstić information content (AvgIpc) is 2.40. The number of carbonyl (C=O) groups excluding carboxylic acids is 1. The van der Waals surface area contributed by atoms with Crippen LogP contribution in [0.1, 0.15) is 5.56 Å². The highest BCUT2D eigenvalue weighted by Gasteiger charge is 2.00. The number of anilines is 2. The fraction of sp³-hybridized carbons (Fsp3) is 0. The van der Waals surface area contributed by atoms with Gasteiger partial charge < -0.3 is 21.3 Å². The maximum Gasteiger partial charge on any atom is 0.248 e. The number of nitrogen functional groups attached to an aromatic ring is 1. The van der Waals surface area contributed by atoms with E-state index in [0.717, 1.165) is 0 Å². The topological polar surface area (TPSA) is 95.6 Å². The summed E-state index contributed by atoms with van der Waals surface area (Å²) in [5.41, 5.74) is 7.38. The predicted octanol–water partition coefficient (Wildman–Crippen LogP) is 2.33. The zero-order valence-corrected chi connectivity index (χ0v) is 10.6. The summed E-state index contributed by atoms with van der Waals surface area (Å²) in [6.07, 6.45) is 2.86. The monoisotopic (exact) mass is 270 g/mol. The largest absolute Gasteiger partial charge is 0.504 e. The molecule has 5 N–H and O–H groups in total. The average molecular weight is 270 g/mol. The molecule has 0 aromatic heterocycles. The second-order valence-electron chi connectivity index (χ2n) is 4.20. The fourth-order valence-electron chi connectivity index (χ4n) is 1.62. The third-order valence-corrected chi connectivity index (χ3v) is 2.58. The van der Waals surface area contributed by atoms with Gasteiger partial charge in [-0.1, -0.05) is 12.1 Å². The fourth-order valence-corrected chi connectivity index (χ4v) is 1.62. The quantitative estimate of drug-likeness (QED) is 0.391. The minimum Gasteiger partial charge on any atom is -0.504 e. The molecule has 20 heavy (non-hydrogen) atoms. The minimum absolute atomic E-state index is 0.202. The molecular formula is C15H14N2O3. The summed E-state index contributed by atoms with van der Waals surface area (Å²) >= 11 is 0. The lowest BCUT2D eigenvalue weighted by Crippen LogP contribution is -2.07. The summed E-state index contributed by atoms with van der Waals surface area (Å²) in [5, 5.41) is 21.2. The standard InChI is InChI=1S/C15H14N2O3/c16-11-2-1-3-12(9-11)17-15(20)7-5-10-4-6-13(18)14(19)8-10/h1-9,18-19H,16H2,(H,17,20)/b7-5+. The molecule has 5 nitrogen and oxygen atoms in total. The molecule has 0 heterocycles. The highest BCUT2D eigenvalue weighted by Crippen LogP contribution is 2.25. The normalized spacial score (nSPS) is 10.6. The second kappa shape index (κ2) is 5.79. The van der Waals surface area contributed by atoms with E-state index >= 15 is 0 Å². The number of nitrogens with one attached hydrogen (secondary N) is 1. The van der Waals surface area contributed by atoms with Crippen LogP contribution in [-0.4, -0.2) is 16.1 Å². The van der Waals surface area contributed by atoms with Gasteiger partial charge in [0.1, 0.15) is 0 Å². The van der Waals surface area contributed by atoms with Gasteiger partial charge in [0.05, 0.1) is 0 Å². The first kappa shape index (κ1) is 13.5. The van der Waals surface area contributed by atoms with Gasteiger partial charge in [0.15, 0.2) is 11.5 Å². The molecule has 2 rings (SSSR count). The highest BCUT2D eigenvalue weighted by atomic mass is 16.3. The molecule has 0 bridgehead atoms. The van der Waals surface area contributed by atoms with Crippen LogP contribution >= 0.6 is 0 Å². The van der Waals surface area contributed by atoms with E-state index in [1.54, 1.807) is 30.3 Å². The number of hydrogen-bond donors (Lipinski definition) is 4. The molecule has 0 aliphatic rings. The summed E-state index contributed by atoms with van der Waals surface area (Å²) in [7, 11) is 0. The van der Waals surface area contributed by atoms with Crippen LogP contribution in [0.5, 0.6) is 11.5 Å². The van der Waals surface area contributed by atoms with E-state index in [0.29, 0.717) is 16.9 Å². The molecule has 0 atom stereocenters. The van der Waals surface area contributed by atoms with Gasteiger partial charge in [0, 0.05) is 17.5 Å². The molecule has 0 fully saturated rings. The maximum atomic E-state index is 11.7. The van der Waals surface area contributed by atoms with Crippen LogP contribution in [0, 0.1) is 0 Å². The van der Waals surface area contributed by atoms with Crippen molar-refractivity contribution in [1.29, 1.82) is 0 Å². The molecule has 0 aliphatic carbocycles. The van der Waals surface area contributed by atoms with Gasteiger partial charge in [-0.2, -0.15) is 0 Å². The second-order valence-corrected chi connectivity index (χ2v) is 4.20. The van der Waals surface area contributed by atoms with Gasteiger partial charge in [-0.25, -0.2) is 0 Å². The number of carbonyl (C=O) groups is 1. The van der Waals surface area contributed by atoms with Crippen LogP contribution < -0.4 is 11.1 Å². The van der Waals surface area contributed by atoms with E-state index in [1.807, 2.05) is 0 Å². The summed E-state index contributed by atoms with van der Waals surface area (Å²) in [6, 6.07) is 11.1. The molecule has 1 amide bonds. The molecular weight excluding hydrogens is 256 g/mol. The minimum atomic E-state index is -0.317. The molecule has 0 saturated carbocycles. The van der Waals surface area contributed by atoms with Gasteiger partial charge in [-0.05, 0) is 42.0 Å². The van der Waals surface area contributed by atoms with E-state index in [-0.39, 0.29) is 17.4 Å². The first-order valence-corrected chi connectivity index (χ1v) is 5.91. The Labute approximate surface area is 116 Å². The van der Waals surface area contributed by atoms with E-state index in [2.05, 4.69) is 5.32 Å². The molecule has 0 unspecified atom stereocenters. The van der Waals surface area contributed by atoms with Gasteiger partial charge in [-0.3, -0.25) is 4.79 Å². The third-order valence-electron chi connectivity index (χ3n) is 2.58. The summed E-state index contributed by atoms with van der Waals surface area (Å²) < 4.78 is 0. The van der Waals surface area contributed by atoms with Crippen LogP contribution in [0.2, 0.25) is 0 Å². The van der Waals surface area contributed by atoms with Gasteiger partial charge >= 0.3 is 0 Å². The Morgan fingerprint density at radius 3 is 2.60 bits per heavy atom. The van der Waals surface area contributed by atoms with Crippen LogP contribution in [0.25, 0.3) is 6.08 Å². The number of aromatic hydroxyl groups is 2. The Kier molecular flexibility index (Phi) is 3.91. The van der Waals surface area contributed by atoms with Crippen molar-refractivity contribution in [3.8, 4) is 11.5 Å². The van der Waals surface area contributed by atoms with E-state index < -0.39 is 0 Å². The van der Waals surface area contributed by atoms with Crippen LogP contribution in [0.4, 0.5) is 11.4 Å². The lowest BCUT2D eigenvalue weighted by atomic mass is 10.2. The van der Waals surface area contributed by atoms with Gasteiger partial charge in [0.25, 0.3) is 0 Å². The highest BCUT2D eigenvalue weighted by molar-refractivity contribution is 6.02. The van der Waals surface area contributed by atoms with Gasteiger partial charge in [0.2, 0.25) is 5.91 Å². The Balaban J connectivity index is 2.03. The molecule has 2 aromatic carbocycles. The molecule has 0 spiro atoms. The smallest absolute Gasteiger partial charge is 0.248 e. The molecule has 0 saturated heterocycles. The number of hydrogen-bond acceptors (Lipinski definition) is 4. The number of rotatable bonds is 3. The number of nitrogens with two attached hydrogens (primary N) is 1. The van der Waals surface area contributed by atoms with Crippen molar-refractivity contribution in [3.63, 3.8) is 0 Å². The maximum absolute atomic E-state index is 11.7. The molecule has 0 aliphatic heterocycles. The van der Waals surface area contributed by atoms with Crippen molar-refractivity contribution < 1.29 is 15.0 Å². The Morgan fingerprint density at radius 2 is 1.90 bits per heavy atom. The lowest BCUT2D eigenvalue weighted by Gasteiger charge is -2.03. The number of phenolic OH excluding ortho intramolecular Hbond substituents is 2. The van der Waals surface area contributed by atoms with E-state index in [9.17, 15) is 15.0 Å². The Bertz CT molecular complexity index is 666. The lowest BCUT2D eigenvalue weighted by molar-refractivity contribution is -0.111. The molecule has 5 heteroatoms. The van der Waals surface area contributed by atoms with Crippen molar-refractivity contribution in [2.24, 2.45) is 0 Å². The van der Waals surface area contributed by atoms with Crippen molar-refractivity contribution >= 4 is 23.4 Å². The van der Waals surface area contributed by atoms with Crippen molar-refractivity contribution in [3.05, 3.63) is 54.1 Å². The third kappa shape index (κ3) is 3.52. The zero-order chi connectivity index (χ0) is 14.5. The zero-order valence-electron chi connectivity index (χ0n) is 10.6. The summed E-state index contributed by atoms with van der Waals surface area (Å²) in [6.45, 7) is 0. The molecule has 0 radical (unpaired) electrons. The number of amides is 1. The van der Waals surface area contributed by atoms with Crippen LogP contribution in [0.15, 0.2) is 48.5 Å². The van der Waals surface area contributed by atoms with Crippen molar-refractivity contribution in [2.45, 2.75) is 0 Å². The number of benzene rings is 2. The SMILES string of the molecule is Nc1cccc(NC(=O)/C=C/c2ccc(O)c(O)c2)c1. The Morgan fingerprint density at radius 1 is 1.10 bits per heavy atom. The van der Waals surface area contributed by atoms with Crippen LogP contribution in [0.3, 0.4) is 0 Å². The first-order chi connectivity index (χ1) is 9.54. The predicted molar refractivity (Wildman–Crippen MR) is 78.3 cm³/mol. The molecule has 102 valence electrons. The van der Waals surface area contributed by atoms with E-state index in [1.165, 1.54) is 24.3 Å². The van der Waals surface area contributed by atoms with Gasteiger partial charge in [-0.15, -0.1) is 0 Å². The molecule has 2 aromatic rings. The van der Waals surface area contributed by atoms with Crippen molar-refractivity contribution in [1.82, 2.24) is 0 Å². The summed E-state index contributed by atoms with van der Waals surface area (Å²) in [4.78, 5) is 11.7. The van der Waals surface area contributed by atoms with Crippen molar-refractivity contribution in [2.75, 3.05) is 11.1 Å². The summed E-state index contributed by atoms with van der Waals surface area (Å²) in [5.74, 6) is -0.752. The van der Waals surface area contributed by atoms with E-state index in [4.69, 9.17) is 5.73 Å².